The van der Waals surface area contributed by atoms with E-state index in [4.69, 9.17) is 0 Å². The molecule has 0 aromatic heterocycles. The third-order valence-electron chi connectivity index (χ3n) is 5.00. The number of hydrogen-bond donors (Lipinski definition) is 0. The molecule has 0 atom stereocenters. The monoisotopic (exact) mass is 462 g/mol. The van der Waals surface area contributed by atoms with Crippen LogP contribution < -0.4 is 0 Å². The predicted molar refractivity (Wildman–Crippen MR) is 139 cm³/mol. The molecule has 150 valence electrons. The first kappa shape index (κ1) is 20.8. The molecule has 4 rings (SSSR count). The summed E-state index contributed by atoms with van der Waals surface area (Å²) in [5.74, 6) is 0. The van der Waals surface area contributed by atoms with E-state index < -0.39 is 0 Å². The minimum Gasteiger partial charge on any atom is -0.0622 e. The van der Waals surface area contributed by atoms with Gasteiger partial charge in [-0.15, -0.1) is 0 Å². The Morgan fingerprint density at radius 2 is 0.903 bits per heavy atom. The maximum atomic E-state index is 3.47. The van der Waals surface area contributed by atoms with Crippen LogP contribution in [0.3, 0.4) is 0 Å². The first-order valence-corrected chi connectivity index (χ1v) is 11.1. The molecule has 4 aromatic rings. The molecule has 0 saturated carbocycles. The quantitative estimate of drug-likeness (QED) is 0.198. The normalized spacial score (nSPS) is 11.1. The van der Waals surface area contributed by atoms with Gasteiger partial charge < -0.3 is 0 Å². The van der Waals surface area contributed by atoms with Crippen molar-refractivity contribution in [1.82, 2.24) is 0 Å². The van der Waals surface area contributed by atoms with Crippen LogP contribution in [0.1, 0.15) is 27.8 Å². The molecule has 0 radical (unpaired) electrons. The van der Waals surface area contributed by atoms with Crippen LogP contribution in [0.25, 0.3) is 23.8 Å². The number of rotatable bonds is 6. The van der Waals surface area contributed by atoms with Gasteiger partial charge in [0.05, 0.1) is 0 Å². The van der Waals surface area contributed by atoms with Crippen molar-refractivity contribution in [3.8, 4) is 0 Å². The summed E-state index contributed by atoms with van der Waals surface area (Å²) in [7, 11) is 0. The van der Waals surface area contributed by atoms with Crippen molar-refractivity contribution in [3.63, 3.8) is 0 Å². The van der Waals surface area contributed by atoms with Gasteiger partial charge in [0.2, 0.25) is 0 Å². The fourth-order valence-corrected chi connectivity index (χ4v) is 3.60. The highest BCUT2D eigenvalue weighted by Crippen LogP contribution is 2.23. The first-order valence-electron chi connectivity index (χ1n) is 10.3. The Balaban J connectivity index is 1.50. The molecule has 0 unspecified atom stereocenters. The Hall–Kier alpha value is -3.42. The van der Waals surface area contributed by atoms with Crippen LogP contribution in [0.2, 0.25) is 0 Å². The van der Waals surface area contributed by atoms with Gasteiger partial charge in [0, 0.05) is 4.47 Å². The highest BCUT2D eigenvalue weighted by molar-refractivity contribution is 9.10. The van der Waals surface area contributed by atoms with Crippen LogP contribution in [-0.2, 0) is 0 Å². The zero-order valence-electron chi connectivity index (χ0n) is 17.2. The van der Waals surface area contributed by atoms with Crippen molar-refractivity contribution in [2.24, 2.45) is 0 Å². The summed E-state index contributed by atoms with van der Waals surface area (Å²) in [5.41, 5.74) is 7.19. The molecule has 0 saturated heterocycles. The molecule has 0 aliphatic rings. The number of allylic oxidation sites excluding steroid dienone is 2. The lowest BCUT2D eigenvalue weighted by atomic mass is 9.97. The molecular weight excluding hydrogens is 440 g/mol. The maximum Gasteiger partial charge on any atom is 0.0175 e. The van der Waals surface area contributed by atoms with E-state index in [0.717, 1.165) is 4.47 Å². The molecule has 0 aliphatic carbocycles. The van der Waals surface area contributed by atoms with Crippen LogP contribution >= 0.6 is 15.9 Å². The highest BCUT2D eigenvalue weighted by atomic mass is 79.9. The average Bonchev–Trinajstić information content (AvgIpc) is 2.83. The second kappa shape index (κ2) is 10.6. The summed E-state index contributed by atoms with van der Waals surface area (Å²) in [5, 5.41) is 0. The van der Waals surface area contributed by atoms with E-state index in [9.17, 15) is 0 Å². The third kappa shape index (κ3) is 6.04. The van der Waals surface area contributed by atoms with Gasteiger partial charge in [-0.2, -0.15) is 0 Å². The SMILES string of the molecule is Brc1ccc(C=Cc2ccc(C=CC=C(c3ccccc3)c3ccccc3)cc2)cc1. The van der Waals surface area contributed by atoms with E-state index in [-0.39, 0.29) is 0 Å². The maximum absolute atomic E-state index is 3.47. The second-order valence-electron chi connectivity index (χ2n) is 7.22. The summed E-state index contributed by atoms with van der Waals surface area (Å²) >= 11 is 3.47. The Labute approximate surface area is 193 Å². The molecular formula is C30H23Br. The standard InChI is InChI=1S/C30H23Br/c31-29-22-20-26(21-23-29)19-18-25-16-14-24(15-17-25)8-7-13-30(27-9-3-1-4-10-27)28-11-5-2-6-12-28/h1-23H. The molecule has 0 bridgehead atoms. The van der Waals surface area contributed by atoms with Gasteiger partial charge in [-0.1, -0.05) is 143 Å². The fraction of sp³-hybridized carbons (Fsp3) is 0. The van der Waals surface area contributed by atoms with Crippen LogP contribution in [0.5, 0.6) is 0 Å². The molecule has 0 N–H and O–H groups in total. The van der Waals surface area contributed by atoms with Crippen molar-refractivity contribution in [3.05, 3.63) is 154 Å². The lowest BCUT2D eigenvalue weighted by Crippen LogP contribution is -1.86. The molecule has 0 amide bonds. The number of halogens is 1. The fourth-order valence-electron chi connectivity index (χ4n) is 3.33. The van der Waals surface area contributed by atoms with Gasteiger partial charge in [0.1, 0.15) is 0 Å². The summed E-state index contributed by atoms with van der Waals surface area (Å²) in [6.07, 6.45) is 10.7. The van der Waals surface area contributed by atoms with Gasteiger partial charge in [0.15, 0.2) is 0 Å². The lowest BCUT2D eigenvalue weighted by Gasteiger charge is -2.07. The lowest BCUT2D eigenvalue weighted by molar-refractivity contribution is 1.55. The average molecular weight is 463 g/mol. The predicted octanol–water partition coefficient (Wildman–Crippen LogP) is 8.76. The zero-order valence-corrected chi connectivity index (χ0v) is 18.7. The van der Waals surface area contributed by atoms with E-state index in [0.29, 0.717) is 0 Å². The Morgan fingerprint density at radius 1 is 0.484 bits per heavy atom. The topological polar surface area (TPSA) is 0 Å². The smallest absolute Gasteiger partial charge is 0.0175 e. The van der Waals surface area contributed by atoms with E-state index in [1.165, 1.54) is 33.4 Å². The van der Waals surface area contributed by atoms with Crippen LogP contribution in [0.15, 0.2) is 126 Å². The van der Waals surface area contributed by atoms with Crippen molar-refractivity contribution in [2.45, 2.75) is 0 Å². The van der Waals surface area contributed by atoms with Crippen molar-refractivity contribution >= 4 is 39.7 Å². The van der Waals surface area contributed by atoms with Crippen LogP contribution in [0, 0.1) is 0 Å². The van der Waals surface area contributed by atoms with E-state index in [1.807, 2.05) is 0 Å². The van der Waals surface area contributed by atoms with Gasteiger partial charge in [-0.05, 0) is 45.5 Å². The molecule has 31 heavy (non-hydrogen) atoms. The Morgan fingerprint density at radius 3 is 1.39 bits per heavy atom. The Kier molecular flexibility index (Phi) is 7.10. The van der Waals surface area contributed by atoms with Gasteiger partial charge in [-0.25, -0.2) is 0 Å². The molecule has 1 heteroatoms. The third-order valence-corrected chi connectivity index (χ3v) is 5.52. The minimum atomic E-state index is 1.09. The summed E-state index contributed by atoms with van der Waals surface area (Å²) in [6.45, 7) is 0. The molecule has 0 nitrogen and oxygen atoms in total. The molecule has 0 aliphatic heterocycles. The first-order chi connectivity index (χ1) is 15.3. The Bertz CT molecular complexity index is 1140. The summed E-state index contributed by atoms with van der Waals surface area (Å²) < 4.78 is 1.09. The van der Waals surface area contributed by atoms with Gasteiger partial charge in [0.25, 0.3) is 0 Å². The molecule has 0 spiro atoms. The number of hydrogen-bond acceptors (Lipinski definition) is 0. The molecule has 0 fully saturated rings. The van der Waals surface area contributed by atoms with Gasteiger partial charge in [-0.3, -0.25) is 0 Å². The van der Waals surface area contributed by atoms with Crippen molar-refractivity contribution < 1.29 is 0 Å². The van der Waals surface area contributed by atoms with E-state index in [1.54, 1.807) is 0 Å². The minimum absolute atomic E-state index is 1.09. The number of benzene rings is 4. The van der Waals surface area contributed by atoms with Crippen molar-refractivity contribution in [1.29, 1.82) is 0 Å². The summed E-state index contributed by atoms with van der Waals surface area (Å²) in [6, 6.07) is 37.9. The van der Waals surface area contributed by atoms with Crippen LogP contribution in [0.4, 0.5) is 0 Å². The second-order valence-corrected chi connectivity index (χ2v) is 8.14. The van der Waals surface area contributed by atoms with Crippen LogP contribution in [-0.4, -0.2) is 0 Å². The van der Waals surface area contributed by atoms with E-state index >= 15 is 0 Å². The molecule has 0 heterocycles. The highest BCUT2D eigenvalue weighted by Gasteiger charge is 2.02. The largest absolute Gasteiger partial charge is 0.0622 e. The molecule has 4 aromatic carbocycles. The van der Waals surface area contributed by atoms with Gasteiger partial charge >= 0.3 is 0 Å². The van der Waals surface area contributed by atoms with Crippen molar-refractivity contribution in [2.75, 3.05) is 0 Å². The van der Waals surface area contributed by atoms with E-state index in [2.05, 4.69) is 156 Å². The zero-order chi connectivity index (χ0) is 21.3. The summed E-state index contributed by atoms with van der Waals surface area (Å²) in [4.78, 5) is 0.